The van der Waals surface area contributed by atoms with Gasteiger partial charge < -0.3 is 5.32 Å². The summed E-state index contributed by atoms with van der Waals surface area (Å²) in [5, 5.41) is 2.08. The van der Waals surface area contributed by atoms with Gasteiger partial charge in [0.1, 0.15) is 0 Å². The van der Waals surface area contributed by atoms with Crippen LogP contribution in [0.15, 0.2) is 47.4 Å². The first kappa shape index (κ1) is 28.2. The van der Waals surface area contributed by atoms with Crippen molar-refractivity contribution in [1.29, 1.82) is 0 Å². The lowest BCUT2D eigenvalue weighted by Crippen LogP contribution is -2.47. The van der Waals surface area contributed by atoms with Crippen molar-refractivity contribution in [3.8, 4) is 0 Å². The van der Waals surface area contributed by atoms with E-state index in [0.717, 1.165) is 16.4 Å². The Balaban J connectivity index is 1.69. The molecule has 0 aromatic heterocycles. The van der Waals surface area contributed by atoms with Crippen LogP contribution >= 0.6 is 11.6 Å². The maximum atomic E-state index is 13.1. The summed E-state index contributed by atoms with van der Waals surface area (Å²) < 4.78 is 93.5. The summed E-state index contributed by atoms with van der Waals surface area (Å²) in [6.45, 7) is 0.325. The molecule has 2 aromatic rings. The zero-order valence-corrected chi connectivity index (χ0v) is 21.6. The van der Waals surface area contributed by atoms with E-state index in [4.69, 9.17) is 11.6 Å². The molecule has 1 amide bonds. The predicted octanol–water partition coefficient (Wildman–Crippen LogP) is 3.62. The molecule has 1 saturated heterocycles. The molecule has 3 rings (SSSR count). The van der Waals surface area contributed by atoms with Crippen molar-refractivity contribution in [2.24, 2.45) is 5.92 Å². The molecule has 0 bridgehead atoms. The first-order valence-corrected chi connectivity index (χ1v) is 13.8. The number of rotatable bonds is 7. The molecule has 1 aliphatic rings. The number of alkyl halides is 3. The molecule has 0 saturated carbocycles. The van der Waals surface area contributed by atoms with Crippen LogP contribution in [-0.2, 0) is 31.2 Å². The van der Waals surface area contributed by atoms with Crippen LogP contribution < -0.4 is 10.0 Å². The summed E-state index contributed by atoms with van der Waals surface area (Å²) >= 11 is 5.56. The number of piperidine rings is 1. The number of sulfonamides is 1. The summed E-state index contributed by atoms with van der Waals surface area (Å²) in [5.74, 6) is -1.01. The third kappa shape index (κ3) is 6.48. The van der Waals surface area contributed by atoms with Crippen LogP contribution in [0.5, 0.6) is 0 Å². The minimum absolute atomic E-state index is 0.0176. The van der Waals surface area contributed by atoms with Gasteiger partial charge in [0.05, 0.1) is 21.4 Å². The molecule has 0 radical (unpaired) electrons. The van der Waals surface area contributed by atoms with Gasteiger partial charge in [0.25, 0.3) is 20.2 Å². The van der Waals surface area contributed by atoms with E-state index in [1.165, 1.54) is 42.7 Å². The molecule has 2 aromatic carbocycles. The third-order valence-corrected chi connectivity index (χ3v) is 9.13. The van der Waals surface area contributed by atoms with E-state index in [1.54, 1.807) is 0 Å². The summed E-state index contributed by atoms with van der Waals surface area (Å²) in [6, 6.07) is 7.66. The highest BCUT2D eigenvalue weighted by Gasteiger charge is 2.34. The SMILES string of the molecule is CN(C)S(=O)(=O)N1CCCC(C(=O)Nc2ccc(S(=O)(=O)Nc3ccc(Cl)c(C(F)(F)F)c3)cc2)C1. The summed E-state index contributed by atoms with van der Waals surface area (Å²) in [6.07, 6.45) is -3.76. The maximum absolute atomic E-state index is 13.1. The van der Waals surface area contributed by atoms with Crippen LogP contribution in [0.2, 0.25) is 5.02 Å². The number of hydrogen-bond donors (Lipinski definition) is 2. The van der Waals surface area contributed by atoms with Gasteiger partial charge in [0.15, 0.2) is 0 Å². The largest absolute Gasteiger partial charge is 0.417 e. The Kier molecular flexibility index (Phi) is 8.25. The van der Waals surface area contributed by atoms with Crippen molar-refractivity contribution in [3.63, 3.8) is 0 Å². The second-order valence-corrected chi connectivity index (χ2v) is 12.5. The number of carbonyl (C=O) groups is 1. The number of nitrogens with one attached hydrogen (secondary N) is 2. The molecule has 1 fully saturated rings. The lowest BCUT2D eigenvalue weighted by molar-refractivity contribution is -0.137. The van der Waals surface area contributed by atoms with E-state index in [-0.39, 0.29) is 22.8 Å². The number of amides is 1. The highest BCUT2D eigenvalue weighted by Crippen LogP contribution is 2.36. The Morgan fingerprint density at radius 2 is 1.67 bits per heavy atom. The molecule has 0 aliphatic carbocycles. The van der Waals surface area contributed by atoms with Crippen molar-refractivity contribution in [2.75, 3.05) is 37.2 Å². The number of halogens is 4. The first-order valence-electron chi connectivity index (χ1n) is 10.6. The molecule has 15 heteroatoms. The van der Waals surface area contributed by atoms with Gasteiger partial charge in [-0.25, -0.2) is 8.42 Å². The number of hydrogen-bond acceptors (Lipinski definition) is 5. The Morgan fingerprint density at radius 1 is 1.06 bits per heavy atom. The molecule has 36 heavy (non-hydrogen) atoms. The summed E-state index contributed by atoms with van der Waals surface area (Å²) in [7, 11) is -5.08. The molecule has 1 aliphatic heterocycles. The van der Waals surface area contributed by atoms with Gasteiger partial charge in [-0.2, -0.15) is 30.2 Å². The van der Waals surface area contributed by atoms with Crippen molar-refractivity contribution in [1.82, 2.24) is 8.61 Å². The second kappa shape index (κ2) is 10.5. The highest BCUT2D eigenvalue weighted by atomic mass is 35.5. The van der Waals surface area contributed by atoms with Gasteiger partial charge in [0, 0.05) is 38.6 Å². The zero-order valence-electron chi connectivity index (χ0n) is 19.2. The maximum Gasteiger partial charge on any atom is 0.417 e. The van der Waals surface area contributed by atoms with Gasteiger partial charge in [-0.1, -0.05) is 11.6 Å². The molecule has 198 valence electrons. The molecule has 2 N–H and O–H groups in total. The van der Waals surface area contributed by atoms with Crippen LogP contribution in [0.1, 0.15) is 18.4 Å². The van der Waals surface area contributed by atoms with Gasteiger partial charge in [-0.05, 0) is 55.3 Å². The van der Waals surface area contributed by atoms with Crippen LogP contribution in [0.25, 0.3) is 0 Å². The van der Waals surface area contributed by atoms with E-state index < -0.39 is 48.8 Å². The molecule has 1 unspecified atom stereocenters. The van der Waals surface area contributed by atoms with Crippen LogP contribution in [0.3, 0.4) is 0 Å². The Labute approximate surface area is 212 Å². The smallest absolute Gasteiger partial charge is 0.326 e. The Morgan fingerprint density at radius 3 is 2.25 bits per heavy atom. The van der Waals surface area contributed by atoms with Crippen LogP contribution in [-0.4, -0.2) is 58.5 Å². The van der Waals surface area contributed by atoms with E-state index in [9.17, 15) is 34.8 Å². The second-order valence-electron chi connectivity index (χ2n) is 8.30. The minimum Gasteiger partial charge on any atom is -0.326 e. The zero-order chi connectivity index (χ0) is 26.9. The van der Waals surface area contributed by atoms with E-state index in [0.29, 0.717) is 25.5 Å². The number of carbonyl (C=O) groups excluding carboxylic acids is 1. The number of anilines is 2. The van der Waals surface area contributed by atoms with Crippen molar-refractivity contribution < 1.29 is 34.8 Å². The molecule has 0 spiro atoms. The monoisotopic (exact) mass is 568 g/mol. The first-order chi connectivity index (χ1) is 16.6. The Hall–Kier alpha value is -2.39. The molecular weight excluding hydrogens is 545 g/mol. The predicted molar refractivity (Wildman–Crippen MR) is 129 cm³/mol. The fourth-order valence-corrected chi connectivity index (χ4v) is 6.04. The number of benzene rings is 2. The van der Waals surface area contributed by atoms with Gasteiger partial charge in [-0.3, -0.25) is 9.52 Å². The normalized spacial score (nSPS) is 17.7. The standard InChI is InChI=1S/C21H24ClF3N4O5S2/c1-28(2)36(33,34)29-11-3-4-14(13-29)20(30)26-15-5-8-17(9-6-15)35(31,32)27-16-7-10-19(22)18(12-16)21(23,24)25/h5-10,12,14,27H,3-4,11,13H2,1-2H3,(H,26,30). The average molecular weight is 569 g/mol. The van der Waals surface area contributed by atoms with Gasteiger partial charge in [-0.15, -0.1) is 0 Å². The third-order valence-electron chi connectivity index (χ3n) is 5.50. The van der Waals surface area contributed by atoms with E-state index in [2.05, 4.69) is 10.0 Å². The van der Waals surface area contributed by atoms with Crippen LogP contribution in [0, 0.1) is 5.92 Å². The Bertz CT molecular complexity index is 1330. The average Bonchev–Trinajstić information content (AvgIpc) is 2.79. The van der Waals surface area contributed by atoms with E-state index in [1.807, 2.05) is 0 Å². The topological polar surface area (TPSA) is 116 Å². The lowest BCUT2D eigenvalue weighted by atomic mass is 9.99. The van der Waals surface area contributed by atoms with E-state index >= 15 is 0 Å². The molecule has 9 nitrogen and oxygen atoms in total. The number of nitrogens with zero attached hydrogens (tertiary/aromatic N) is 2. The van der Waals surface area contributed by atoms with Crippen molar-refractivity contribution in [2.45, 2.75) is 23.9 Å². The van der Waals surface area contributed by atoms with Crippen molar-refractivity contribution >= 4 is 49.1 Å². The quantitative estimate of drug-likeness (QED) is 0.529. The summed E-state index contributed by atoms with van der Waals surface area (Å²) in [5.41, 5.74) is -1.22. The molecule has 1 atom stereocenters. The van der Waals surface area contributed by atoms with Gasteiger partial charge in [0.2, 0.25) is 5.91 Å². The molecular formula is C21H24ClF3N4O5S2. The fourth-order valence-electron chi connectivity index (χ4n) is 3.58. The van der Waals surface area contributed by atoms with Crippen molar-refractivity contribution in [3.05, 3.63) is 53.1 Å². The minimum atomic E-state index is -4.76. The van der Waals surface area contributed by atoms with Gasteiger partial charge >= 0.3 is 6.18 Å². The lowest BCUT2D eigenvalue weighted by Gasteiger charge is -2.32. The summed E-state index contributed by atoms with van der Waals surface area (Å²) in [4.78, 5) is 12.4. The highest BCUT2D eigenvalue weighted by molar-refractivity contribution is 7.92. The molecule has 1 heterocycles. The van der Waals surface area contributed by atoms with Crippen LogP contribution in [0.4, 0.5) is 24.5 Å². The fraction of sp³-hybridized carbons (Fsp3) is 0.381.